The van der Waals surface area contributed by atoms with Crippen molar-refractivity contribution in [1.29, 1.82) is 0 Å². The summed E-state index contributed by atoms with van der Waals surface area (Å²) in [4.78, 5) is 26.7. The van der Waals surface area contributed by atoms with Gasteiger partial charge >= 0.3 is 6.61 Å². The Morgan fingerprint density at radius 1 is 1.13 bits per heavy atom. The summed E-state index contributed by atoms with van der Waals surface area (Å²) in [6.45, 7) is 1.97. The lowest BCUT2D eigenvalue weighted by Gasteiger charge is -2.38. The third-order valence-electron chi connectivity index (χ3n) is 5.13. The van der Waals surface area contributed by atoms with E-state index in [4.69, 9.17) is 0 Å². The second-order valence-corrected chi connectivity index (χ2v) is 7.82. The van der Waals surface area contributed by atoms with Gasteiger partial charge in [-0.3, -0.25) is 9.69 Å². The molecule has 30 heavy (non-hydrogen) atoms. The number of amides is 1. The van der Waals surface area contributed by atoms with E-state index in [-0.39, 0.29) is 17.7 Å². The van der Waals surface area contributed by atoms with Crippen LogP contribution in [0.4, 0.5) is 20.3 Å². The molecule has 1 aliphatic heterocycles. The number of aromatic nitrogens is 2. The fourth-order valence-electron chi connectivity index (χ4n) is 3.48. The maximum atomic E-state index is 12.6. The number of hydrogen-bond acceptors (Lipinski definition) is 7. The van der Waals surface area contributed by atoms with Crippen molar-refractivity contribution in [2.24, 2.45) is 0 Å². The molecule has 2 aromatic heterocycles. The number of piperazine rings is 1. The minimum absolute atomic E-state index is 0.0524. The van der Waals surface area contributed by atoms with E-state index >= 15 is 0 Å². The van der Waals surface area contributed by atoms with Gasteiger partial charge in [-0.2, -0.15) is 8.78 Å². The van der Waals surface area contributed by atoms with Crippen molar-refractivity contribution in [2.45, 2.75) is 19.6 Å². The van der Waals surface area contributed by atoms with E-state index in [0.717, 1.165) is 42.2 Å². The molecule has 1 aliphatic rings. The highest BCUT2D eigenvalue weighted by Gasteiger charge is 2.27. The van der Waals surface area contributed by atoms with E-state index in [1.165, 1.54) is 12.1 Å². The number of benzene rings is 1. The van der Waals surface area contributed by atoms with Crippen LogP contribution in [-0.4, -0.2) is 59.6 Å². The average molecular weight is 433 g/mol. The highest BCUT2D eigenvalue weighted by molar-refractivity contribution is 7.16. The SMILES string of the molecule is CC(C(=O)Nc1ccc(OC(F)F)cc1)N1CCN(c2ncnc3sccc23)CC1. The van der Waals surface area contributed by atoms with Crippen LogP contribution in [0.15, 0.2) is 42.0 Å². The molecule has 1 unspecified atom stereocenters. The molecule has 3 heterocycles. The highest BCUT2D eigenvalue weighted by Crippen LogP contribution is 2.27. The Kier molecular flexibility index (Phi) is 6.05. The van der Waals surface area contributed by atoms with Crippen LogP contribution in [-0.2, 0) is 4.79 Å². The first-order valence-corrected chi connectivity index (χ1v) is 10.4. The zero-order valence-corrected chi connectivity index (χ0v) is 17.1. The van der Waals surface area contributed by atoms with Gasteiger partial charge in [0.05, 0.1) is 11.4 Å². The third-order valence-corrected chi connectivity index (χ3v) is 5.95. The van der Waals surface area contributed by atoms with Crippen molar-refractivity contribution in [3.05, 3.63) is 42.0 Å². The number of thiophene rings is 1. The maximum absolute atomic E-state index is 12.6. The van der Waals surface area contributed by atoms with Gasteiger partial charge in [-0.1, -0.05) is 0 Å². The molecule has 1 saturated heterocycles. The predicted octanol–water partition coefficient (Wildman–Crippen LogP) is 3.44. The standard InChI is InChI=1S/C20H21F2N5O2S/c1-13(18(28)25-14-2-4-15(5-3-14)29-20(21)22)26-7-9-27(10-8-26)17-16-6-11-30-19(16)24-12-23-17/h2-6,11-13,20H,7-10H2,1H3,(H,25,28). The summed E-state index contributed by atoms with van der Waals surface area (Å²) in [5, 5.41) is 5.89. The fraction of sp³-hybridized carbons (Fsp3) is 0.350. The summed E-state index contributed by atoms with van der Waals surface area (Å²) in [5.74, 6) is 0.842. The largest absolute Gasteiger partial charge is 0.435 e. The molecule has 0 spiro atoms. The Morgan fingerprint density at radius 2 is 1.87 bits per heavy atom. The molecule has 7 nitrogen and oxygen atoms in total. The van der Waals surface area contributed by atoms with E-state index < -0.39 is 6.61 Å². The summed E-state index contributed by atoms with van der Waals surface area (Å²) in [5.41, 5.74) is 0.535. The Hall–Kier alpha value is -2.85. The summed E-state index contributed by atoms with van der Waals surface area (Å²) in [7, 11) is 0. The number of halogens is 2. The normalized spacial score (nSPS) is 16.1. The van der Waals surface area contributed by atoms with Gasteiger partial charge in [0.15, 0.2) is 0 Å². The molecule has 0 radical (unpaired) electrons. The lowest BCUT2D eigenvalue weighted by Crippen LogP contribution is -2.53. The molecule has 10 heteroatoms. The Bertz CT molecular complexity index is 1010. The van der Waals surface area contributed by atoms with Crippen LogP contribution in [0.1, 0.15) is 6.92 Å². The maximum Gasteiger partial charge on any atom is 0.387 e. The number of hydrogen-bond donors (Lipinski definition) is 1. The molecule has 1 N–H and O–H groups in total. The number of nitrogens with one attached hydrogen (secondary N) is 1. The van der Waals surface area contributed by atoms with Crippen molar-refractivity contribution in [2.75, 3.05) is 36.4 Å². The molecule has 0 aliphatic carbocycles. The number of nitrogens with zero attached hydrogens (tertiary/aromatic N) is 4. The Morgan fingerprint density at radius 3 is 2.57 bits per heavy atom. The van der Waals surface area contributed by atoms with Gasteiger partial charge in [0.2, 0.25) is 5.91 Å². The summed E-state index contributed by atoms with van der Waals surface area (Å²) in [6.07, 6.45) is 1.59. The second-order valence-electron chi connectivity index (χ2n) is 6.93. The van der Waals surface area contributed by atoms with Crippen molar-refractivity contribution < 1.29 is 18.3 Å². The molecule has 0 bridgehead atoms. The smallest absolute Gasteiger partial charge is 0.387 e. The molecular formula is C20H21F2N5O2S. The van der Waals surface area contributed by atoms with E-state index in [9.17, 15) is 13.6 Å². The van der Waals surface area contributed by atoms with Crippen LogP contribution in [0.2, 0.25) is 0 Å². The number of rotatable bonds is 6. The van der Waals surface area contributed by atoms with Crippen LogP contribution < -0.4 is 15.0 Å². The number of fused-ring (bicyclic) bond motifs is 1. The summed E-state index contributed by atoms with van der Waals surface area (Å²) in [6, 6.07) is 7.60. The zero-order valence-electron chi connectivity index (χ0n) is 16.3. The molecular weight excluding hydrogens is 412 g/mol. The lowest BCUT2D eigenvalue weighted by atomic mass is 10.2. The molecule has 0 saturated carbocycles. The van der Waals surface area contributed by atoms with Crippen LogP contribution >= 0.6 is 11.3 Å². The predicted molar refractivity (Wildman–Crippen MR) is 112 cm³/mol. The highest BCUT2D eigenvalue weighted by atomic mass is 32.1. The van der Waals surface area contributed by atoms with Crippen molar-refractivity contribution in [1.82, 2.24) is 14.9 Å². The van der Waals surface area contributed by atoms with Crippen LogP contribution in [0.3, 0.4) is 0 Å². The summed E-state index contributed by atoms with van der Waals surface area (Å²) < 4.78 is 28.8. The van der Waals surface area contributed by atoms with E-state index in [0.29, 0.717) is 5.69 Å². The van der Waals surface area contributed by atoms with Crippen LogP contribution in [0, 0.1) is 0 Å². The second kappa shape index (κ2) is 8.88. The van der Waals surface area contributed by atoms with Gasteiger partial charge in [-0.15, -0.1) is 11.3 Å². The number of carbonyl (C=O) groups excluding carboxylic acids is 1. The topological polar surface area (TPSA) is 70.6 Å². The van der Waals surface area contributed by atoms with Gasteiger partial charge in [0.1, 0.15) is 22.7 Å². The first kappa shape index (κ1) is 20.4. The van der Waals surface area contributed by atoms with Crippen molar-refractivity contribution in [3.8, 4) is 5.75 Å². The molecule has 1 aromatic carbocycles. The van der Waals surface area contributed by atoms with E-state index in [2.05, 4.69) is 29.8 Å². The zero-order chi connectivity index (χ0) is 21.1. The fourth-order valence-corrected chi connectivity index (χ4v) is 4.21. The molecule has 1 fully saturated rings. The van der Waals surface area contributed by atoms with Crippen LogP contribution in [0.25, 0.3) is 10.2 Å². The molecule has 158 valence electrons. The molecule has 1 amide bonds. The van der Waals surface area contributed by atoms with Gasteiger partial charge < -0.3 is 15.0 Å². The molecule has 1 atom stereocenters. The van der Waals surface area contributed by atoms with Gasteiger partial charge in [-0.25, -0.2) is 9.97 Å². The minimum atomic E-state index is -2.87. The first-order valence-electron chi connectivity index (χ1n) is 9.54. The number of carbonyl (C=O) groups is 1. The van der Waals surface area contributed by atoms with Crippen molar-refractivity contribution >= 4 is 39.0 Å². The number of anilines is 2. The monoisotopic (exact) mass is 433 g/mol. The van der Waals surface area contributed by atoms with Gasteiger partial charge in [0, 0.05) is 31.9 Å². The van der Waals surface area contributed by atoms with E-state index in [1.54, 1.807) is 29.8 Å². The molecule has 3 aromatic rings. The molecule has 4 rings (SSSR count). The third kappa shape index (κ3) is 4.49. The van der Waals surface area contributed by atoms with E-state index in [1.807, 2.05) is 18.4 Å². The number of alkyl halides is 2. The van der Waals surface area contributed by atoms with Gasteiger partial charge in [0.25, 0.3) is 0 Å². The number of ether oxygens (including phenoxy) is 1. The lowest BCUT2D eigenvalue weighted by molar-refractivity contribution is -0.120. The first-order chi connectivity index (χ1) is 14.5. The van der Waals surface area contributed by atoms with Crippen molar-refractivity contribution in [3.63, 3.8) is 0 Å². The summed E-state index contributed by atoms with van der Waals surface area (Å²) >= 11 is 1.59. The van der Waals surface area contributed by atoms with Gasteiger partial charge in [-0.05, 0) is 42.6 Å². The quantitative estimate of drug-likeness (QED) is 0.642. The Labute approximate surface area is 176 Å². The average Bonchev–Trinajstić information content (AvgIpc) is 3.23. The van der Waals surface area contributed by atoms with Crippen LogP contribution in [0.5, 0.6) is 5.75 Å². The minimum Gasteiger partial charge on any atom is -0.435 e. The Balaban J connectivity index is 1.33.